The van der Waals surface area contributed by atoms with Gasteiger partial charge in [0.1, 0.15) is 17.0 Å². The molecule has 2 heterocycles. The molecule has 0 radical (unpaired) electrons. The number of aryl methyl sites for hydroxylation is 1. The number of hydrogen-bond acceptors (Lipinski definition) is 5. The van der Waals surface area contributed by atoms with Crippen molar-refractivity contribution in [3.05, 3.63) is 17.3 Å². The van der Waals surface area contributed by atoms with Crippen LogP contribution in [0.15, 0.2) is 12.4 Å². The van der Waals surface area contributed by atoms with Gasteiger partial charge in [-0.15, -0.1) is 11.3 Å². The van der Waals surface area contributed by atoms with Crippen LogP contribution in [0.5, 0.6) is 0 Å². The zero-order chi connectivity index (χ0) is 12.5. The second kappa shape index (κ2) is 4.82. The molecule has 0 bridgehead atoms. The first kappa shape index (κ1) is 11.9. The summed E-state index contributed by atoms with van der Waals surface area (Å²) in [5, 5.41) is 1.18. The van der Waals surface area contributed by atoms with E-state index in [4.69, 9.17) is 5.73 Å². The molecule has 96 valence electrons. The number of thiophene rings is 1. The first-order valence-corrected chi connectivity index (χ1v) is 7.29. The van der Waals surface area contributed by atoms with Crippen LogP contribution in [0.1, 0.15) is 24.1 Å². The van der Waals surface area contributed by atoms with E-state index in [2.05, 4.69) is 27.9 Å². The third kappa shape index (κ3) is 1.97. The van der Waals surface area contributed by atoms with E-state index >= 15 is 0 Å². The molecule has 0 atom stereocenters. The first-order valence-electron chi connectivity index (χ1n) is 6.47. The van der Waals surface area contributed by atoms with Gasteiger partial charge in [-0.2, -0.15) is 0 Å². The maximum atomic E-state index is 5.75. The summed E-state index contributed by atoms with van der Waals surface area (Å²) in [6, 6.07) is 2.81. The Morgan fingerprint density at radius 3 is 2.94 bits per heavy atom. The molecule has 18 heavy (non-hydrogen) atoms. The van der Waals surface area contributed by atoms with Gasteiger partial charge in [0, 0.05) is 24.0 Å². The molecule has 0 aliphatic heterocycles. The lowest BCUT2D eigenvalue weighted by molar-refractivity contribution is 0.386. The molecule has 1 fully saturated rings. The van der Waals surface area contributed by atoms with Crippen molar-refractivity contribution >= 4 is 27.4 Å². The van der Waals surface area contributed by atoms with Gasteiger partial charge in [-0.05, 0) is 32.3 Å². The maximum Gasteiger partial charge on any atom is 0.141 e. The van der Waals surface area contributed by atoms with Crippen molar-refractivity contribution in [3.8, 4) is 0 Å². The summed E-state index contributed by atoms with van der Waals surface area (Å²) in [4.78, 5) is 13.6. The molecule has 5 heteroatoms. The summed E-state index contributed by atoms with van der Waals surface area (Å²) in [5.41, 5.74) is 5.75. The van der Waals surface area contributed by atoms with Crippen molar-refractivity contribution in [2.45, 2.75) is 32.2 Å². The molecule has 1 aliphatic carbocycles. The Bertz CT molecular complexity index is 547. The molecule has 0 aromatic carbocycles. The Kier molecular flexibility index (Phi) is 3.18. The average Bonchev–Trinajstić information content (AvgIpc) is 2.66. The zero-order valence-corrected chi connectivity index (χ0v) is 11.4. The molecular weight excluding hydrogens is 244 g/mol. The van der Waals surface area contributed by atoms with Gasteiger partial charge in [0.2, 0.25) is 0 Å². The molecular formula is C13H18N4S. The highest BCUT2D eigenvalue weighted by atomic mass is 32.1. The van der Waals surface area contributed by atoms with Gasteiger partial charge in [-0.3, -0.25) is 0 Å². The molecule has 2 N–H and O–H groups in total. The fraction of sp³-hybridized carbons (Fsp3) is 0.538. The third-order valence-electron chi connectivity index (χ3n) is 3.59. The third-order valence-corrected chi connectivity index (χ3v) is 4.55. The molecule has 0 unspecified atom stereocenters. The summed E-state index contributed by atoms with van der Waals surface area (Å²) in [6.07, 6.45) is 5.52. The standard InChI is InChI=1S/C13H18N4S/c1-9-7-11-12(15-8-16-13(11)18-9)17(6-5-14)10-3-2-4-10/h7-8,10H,2-6,14H2,1H3. The molecule has 2 aromatic heterocycles. The molecule has 0 spiro atoms. The SMILES string of the molecule is Cc1cc2c(N(CCN)C3CCC3)ncnc2s1. The van der Waals surface area contributed by atoms with Crippen LogP contribution in [-0.4, -0.2) is 29.1 Å². The summed E-state index contributed by atoms with van der Waals surface area (Å²) in [6.45, 7) is 3.67. The van der Waals surface area contributed by atoms with E-state index in [1.54, 1.807) is 17.7 Å². The predicted octanol–water partition coefficient (Wildman–Crippen LogP) is 2.32. The lowest BCUT2D eigenvalue weighted by Gasteiger charge is -2.38. The van der Waals surface area contributed by atoms with Gasteiger partial charge in [-0.1, -0.05) is 0 Å². The number of nitrogens with zero attached hydrogens (tertiary/aromatic N) is 3. The van der Waals surface area contributed by atoms with Crippen molar-refractivity contribution in [1.29, 1.82) is 0 Å². The second-order valence-corrected chi connectivity index (χ2v) is 6.07. The van der Waals surface area contributed by atoms with Gasteiger partial charge in [0.15, 0.2) is 0 Å². The van der Waals surface area contributed by atoms with Gasteiger partial charge in [0.05, 0.1) is 5.39 Å². The topological polar surface area (TPSA) is 55.0 Å². The van der Waals surface area contributed by atoms with E-state index in [0.717, 1.165) is 17.2 Å². The number of rotatable bonds is 4. The number of aromatic nitrogens is 2. The van der Waals surface area contributed by atoms with Crippen molar-refractivity contribution in [3.63, 3.8) is 0 Å². The Hall–Kier alpha value is -1.20. The Balaban J connectivity index is 2.04. The molecule has 3 rings (SSSR count). The summed E-state index contributed by atoms with van der Waals surface area (Å²) >= 11 is 1.73. The van der Waals surface area contributed by atoms with Gasteiger partial charge in [0.25, 0.3) is 0 Å². The smallest absolute Gasteiger partial charge is 0.141 e. The number of fused-ring (bicyclic) bond motifs is 1. The van der Waals surface area contributed by atoms with Crippen molar-refractivity contribution in [2.24, 2.45) is 5.73 Å². The number of nitrogens with two attached hydrogens (primary N) is 1. The molecule has 2 aromatic rings. The minimum absolute atomic E-state index is 0.617. The van der Waals surface area contributed by atoms with Gasteiger partial charge < -0.3 is 10.6 Å². The van der Waals surface area contributed by atoms with Crippen LogP contribution in [0.4, 0.5) is 5.82 Å². The van der Waals surface area contributed by atoms with Gasteiger partial charge >= 0.3 is 0 Å². The van der Waals surface area contributed by atoms with E-state index in [-0.39, 0.29) is 0 Å². The quantitative estimate of drug-likeness (QED) is 0.918. The Morgan fingerprint density at radius 2 is 2.28 bits per heavy atom. The number of hydrogen-bond donors (Lipinski definition) is 1. The van der Waals surface area contributed by atoms with Crippen LogP contribution in [0.2, 0.25) is 0 Å². The van der Waals surface area contributed by atoms with Crippen LogP contribution >= 0.6 is 11.3 Å². The minimum atomic E-state index is 0.617. The highest BCUT2D eigenvalue weighted by Gasteiger charge is 2.27. The maximum absolute atomic E-state index is 5.75. The van der Waals surface area contributed by atoms with Gasteiger partial charge in [-0.25, -0.2) is 9.97 Å². The highest BCUT2D eigenvalue weighted by Crippen LogP contribution is 2.34. The molecule has 1 aliphatic rings. The summed E-state index contributed by atoms with van der Waals surface area (Å²) in [5.74, 6) is 1.07. The lowest BCUT2D eigenvalue weighted by atomic mass is 9.91. The fourth-order valence-corrected chi connectivity index (χ4v) is 3.33. The Morgan fingerprint density at radius 1 is 1.44 bits per heavy atom. The predicted molar refractivity (Wildman–Crippen MR) is 76.2 cm³/mol. The zero-order valence-electron chi connectivity index (χ0n) is 10.6. The van der Waals surface area contributed by atoms with E-state index in [0.29, 0.717) is 12.6 Å². The molecule has 4 nitrogen and oxygen atoms in total. The second-order valence-electron chi connectivity index (χ2n) is 4.84. The average molecular weight is 262 g/mol. The summed E-state index contributed by atoms with van der Waals surface area (Å²) in [7, 11) is 0. The minimum Gasteiger partial charge on any atom is -0.352 e. The molecule has 0 saturated heterocycles. The van der Waals surface area contributed by atoms with Crippen molar-refractivity contribution in [2.75, 3.05) is 18.0 Å². The number of anilines is 1. The lowest BCUT2D eigenvalue weighted by Crippen LogP contribution is -2.43. The largest absolute Gasteiger partial charge is 0.352 e. The molecule has 1 saturated carbocycles. The van der Waals surface area contributed by atoms with Crippen LogP contribution in [0.3, 0.4) is 0 Å². The van der Waals surface area contributed by atoms with E-state index in [9.17, 15) is 0 Å². The van der Waals surface area contributed by atoms with E-state index in [1.165, 1.54) is 29.5 Å². The van der Waals surface area contributed by atoms with Crippen LogP contribution in [0.25, 0.3) is 10.2 Å². The first-order chi connectivity index (χ1) is 8.79. The fourth-order valence-electron chi connectivity index (χ4n) is 2.49. The highest BCUT2D eigenvalue weighted by molar-refractivity contribution is 7.18. The van der Waals surface area contributed by atoms with Crippen molar-refractivity contribution < 1.29 is 0 Å². The van der Waals surface area contributed by atoms with Crippen LogP contribution < -0.4 is 10.6 Å². The van der Waals surface area contributed by atoms with Crippen LogP contribution in [-0.2, 0) is 0 Å². The van der Waals surface area contributed by atoms with E-state index < -0.39 is 0 Å². The summed E-state index contributed by atoms with van der Waals surface area (Å²) < 4.78 is 0. The normalized spacial score (nSPS) is 15.9. The van der Waals surface area contributed by atoms with Crippen molar-refractivity contribution in [1.82, 2.24) is 9.97 Å². The van der Waals surface area contributed by atoms with E-state index in [1.807, 2.05) is 0 Å². The molecule has 0 amide bonds. The monoisotopic (exact) mass is 262 g/mol. The Labute approximate surface area is 111 Å². The van der Waals surface area contributed by atoms with Crippen LogP contribution in [0, 0.1) is 6.92 Å².